The zero-order chi connectivity index (χ0) is 12.0. The molecule has 0 aliphatic rings. The molecular weight excluding hydrogens is 288 g/mol. The average Bonchev–Trinajstić information content (AvgIpc) is 2.29. The van der Waals surface area contributed by atoms with Gasteiger partial charge in [-0.25, -0.2) is 0 Å². The van der Waals surface area contributed by atoms with E-state index in [2.05, 4.69) is 28.2 Å². The molecule has 0 saturated heterocycles. The van der Waals surface area contributed by atoms with Crippen molar-refractivity contribution >= 4 is 33.2 Å². The molecule has 1 atom stereocenters. The summed E-state index contributed by atoms with van der Waals surface area (Å²) in [4.78, 5) is 0. The standard InChI is InChI=1S/C12H18BrClN2/c1-2-3-4-10(8-15)16-9-5-6-11(13)12(14)7-9/h5-7,10,16H,2-4,8,15H2,1H3. The molecule has 0 bridgehead atoms. The Morgan fingerprint density at radius 1 is 1.50 bits per heavy atom. The van der Waals surface area contributed by atoms with E-state index in [0.29, 0.717) is 12.6 Å². The van der Waals surface area contributed by atoms with E-state index in [4.69, 9.17) is 17.3 Å². The lowest BCUT2D eigenvalue weighted by atomic mass is 10.1. The molecule has 0 aliphatic carbocycles. The first kappa shape index (κ1) is 13.8. The minimum Gasteiger partial charge on any atom is -0.381 e. The highest BCUT2D eigenvalue weighted by atomic mass is 79.9. The van der Waals surface area contributed by atoms with Gasteiger partial charge < -0.3 is 11.1 Å². The molecule has 0 spiro atoms. The number of benzene rings is 1. The molecule has 16 heavy (non-hydrogen) atoms. The van der Waals surface area contributed by atoms with Crippen LogP contribution in [0.3, 0.4) is 0 Å². The van der Waals surface area contributed by atoms with E-state index in [0.717, 1.165) is 21.6 Å². The first-order valence-electron chi connectivity index (χ1n) is 5.59. The number of unbranched alkanes of at least 4 members (excludes halogenated alkanes) is 1. The SMILES string of the molecule is CCCCC(CN)Nc1ccc(Br)c(Cl)c1. The number of rotatable bonds is 6. The maximum Gasteiger partial charge on any atom is 0.0568 e. The first-order chi connectivity index (χ1) is 7.67. The van der Waals surface area contributed by atoms with Gasteiger partial charge in [0.15, 0.2) is 0 Å². The molecule has 4 heteroatoms. The topological polar surface area (TPSA) is 38.0 Å². The molecule has 0 radical (unpaired) electrons. The Bertz CT molecular complexity index is 331. The predicted octanol–water partition coefficient (Wildman–Crippen LogP) is 4.03. The molecule has 2 nitrogen and oxygen atoms in total. The van der Waals surface area contributed by atoms with Crippen molar-refractivity contribution in [2.24, 2.45) is 5.73 Å². The van der Waals surface area contributed by atoms with Crippen LogP contribution >= 0.6 is 27.5 Å². The lowest BCUT2D eigenvalue weighted by Crippen LogP contribution is -2.28. The zero-order valence-electron chi connectivity index (χ0n) is 9.47. The first-order valence-corrected chi connectivity index (χ1v) is 6.76. The van der Waals surface area contributed by atoms with Crippen molar-refractivity contribution in [3.63, 3.8) is 0 Å². The van der Waals surface area contributed by atoms with E-state index in [1.165, 1.54) is 12.8 Å². The largest absolute Gasteiger partial charge is 0.381 e. The van der Waals surface area contributed by atoms with Crippen molar-refractivity contribution < 1.29 is 0 Å². The number of hydrogen-bond donors (Lipinski definition) is 2. The van der Waals surface area contributed by atoms with Crippen LogP contribution in [0.4, 0.5) is 5.69 Å². The fraction of sp³-hybridized carbons (Fsp3) is 0.500. The Morgan fingerprint density at radius 3 is 2.81 bits per heavy atom. The fourth-order valence-corrected chi connectivity index (χ4v) is 1.95. The van der Waals surface area contributed by atoms with Crippen LogP contribution in [0.15, 0.2) is 22.7 Å². The minimum atomic E-state index is 0.331. The van der Waals surface area contributed by atoms with E-state index in [1.54, 1.807) is 0 Å². The van der Waals surface area contributed by atoms with Gasteiger partial charge in [-0.2, -0.15) is 0 Å². The maximum atomic E-state index is 6.03. The molecule has 0 heterocycles. The Morgan fingerprint density at radius 2 is 2.25 bits per heavy atom. The third-order valence-corrected chi connectivity index (χ3v) is 3.71. The lowest BCUT2D eigenvalue weighted by Gasteiger charge is -2.18. The van der Waals surface area contributed by atoms with Crippen molar-refractivity contribution in [1.29, 1.82) is 0 Å². The number of anilines is 1. The summed E-state index contributed by atoms with van der Waals surface area (Å²) >= 11 is 9.40. The molecule has 1 unspecified atom stereocenters. The van der Waals surface area contributed by atoms with Gasteiger partial charge in [-0.1, -0.05) is 31.4 Å². The second-order valence-electron chi connectivity index (χ2n) is 3.85. The fourth-order valence-electron chi connectivity index (χ4n) is 1.52. The summed E-state index contributed by atoms with van der Waals surface area (Å²) in [6.07, 6.45) is 3.49. The van der Waals surface area contributed by atoms with Gasteiger partial charge in [-0.3, -0.25) is 0 Å². The normalized spacial score (nSPS) is 12.5. The summed E-state index contributed by atoms with van der Waals surface area (Å²) in [6.45, 7) is 2.83. The van der Waals surface area contributed by atoms with Gasteiger partial charge in [-0.15, -0.1) is 0 Å². The third-order valence-electron chi connectivity index (χ3n) is 2.48. The third kappa shape index (κ3) is 4.32. The van der Waals surface area contributed by atoms with Crippen molar-refractivity contribution in [2.45, 2.75) is 32.2 Å². The van der Waals surface area contributed by atoms with E-state index in [1.807, 2.05) is 18.2 Å². The molecule has 1 aromatic carbocycles. The van der Waals surface area contributed by atoms with Gasteiger partial charge in [0.05, 0.1) is 5.02 Å². The van der Waals surface area contributed by atoms with Crippen LogP contribution in [0.1, 0.15) is 26.2 Å². The Kier molecular flexibility index (Phi) is 6.17. The van der Waals surface area contributed by atoms with Gasteiger partial charge in [-0.05, 0) is 40.5 Å². The number of nitrogens with two attached hydrogens (primary N) is 1. The highest BCUT2D eigenvalue weighted by molar-refractivity contribution is 9.10. The van der Waals surface area contributed by atoms with E-state index < -0.39 is 0 Å². The molecule has 0 saturated carbocycles. The van der Waals surface area contributed by atoms with Crippen LogP contribution in [-0.2, 0) is 0 Å². The van der Waals surface area contributed by atoms with Gasteiger partial charge in [0.25, 0.3) is 0 Å². The van der Waals surface area contributed by atoms with Crippen LogP contribution in [0.5, 0.6) is 0 Å². The summed E-state index contributed by atoms with van der Waals surface area (Å²) in [5, 5.41) is 4.12. The Balaban J connectivity index is 2.59. The maximum absolute atomic E-state index is 6.03. The van der Waals surface area contributed by atoms with Crippen LogP contribution in [-0.4, -0.2) is 12.6 Å². The molecule has 3 N–H and O–H groups in total. The molecule has 90 valence electrons. The summed E-state index contributed by atoms with van der Waals surface area (Å²) in [7, 11) is 0. The highest BCUT2D eigenvalue weighted by Gasteiger charge is 2.06. The molecule has 0 fully saturated rings. The minimum absolute atomic E-state index is 0.331. The Labute approximate surface area is 111 Å². The van der Waals surface area contributed by atoms with E-state index >= 15 is 0 Å². The molecule has 1 rings (SSSR count). The average molecular weight is 306 g/mol. The highest BCUT2D eigenvalue weighted by Crippen LogP contribution is 2.26. The summed E-state index contributed by atoms with van der Waals surface area (Å²) in [5.41, 5.74) is 6.75. The van der Waals surface area contributed by atoms with Crippen molar-refractivity contribution in [3.8, 4) is 0 Å². The van der Waals surface area contributed by atoms with Crippen LogP contribution in [0.2, 0.25) is 5.02 Å². The molecule has 0 amide bonds. The van der Waals surface area contributed by atoms with Gasteiger partial charge in [0, 0.05) is 22.7 Å². The lowest BCUT2D eigenvalue weighted by molar-refractivity contribution is 0.614. The zero-order valence-corrected chi connectivity index (χ0v) is 11.8. The molecule has 0 aliphatic heterocycles. The second kappa shape index (κ2) is 7.15. The van der Waals surface area contributed by atoms with E-state index in [9.17, 15) is 0 Å². The summed E-state index contributed by atoms with van der Waals surface area (Å²) < 4.78 is 0.914. The van der Waals surface area contributed by atoms with Crippen molar-refractivity contribution in [1.82, 2.24) is 0 Å². The second-order valence-corrected chi connectivity index (χ2v) is 5.11. The van der Waals surface area contributed by atoms with Crippen LogP contribution in [0.25, 0.3) is 0 Å². The number of halogens is 2. The summed E-state index contributed by atoms with van der Waals surface area (Å²) in [6, 6.07) is 6.19. The Hall–Kier alpha value is -0.250. The van der Waals surface area contributed by atoms with E-state index in [-0.39, 0.29) is 0 Å². The van der Waals surface area contributed by atoms with Crippen molar-refractivity contribution in [3.05, 3.63) is 27.7 Å². The molecule has 0 aromatic heterocycles. The number of hydrogen-bond acceptors (Lipinski definition) is 2. The van der Waals surface area contributed by atoms with Gasteiger partial charge in [0.2, 0.25) is 0 Å². The molecule has 1 aromatic rings. The smallest absolute Gasteiger partial charge is 0.0568 e. The monoisotopic (exact) mass is 304 g/mol. The van der Waals surface area contributed by atoms with Crippen molar-refractivity contribution in [2.75, 3.05) is 11.9 Å². The number of nitrogens with one attached hydrogen (secondary N) is 1. The van der Waals surface area contributed by atoms with Gasteiger partial charge in [0.1, 0.15) is 0 Å². The van der Waals surface area contributed by atoms with Crippen LogP contribution < -0.4 is 11.1 Å². The van der Waals surface area contributed by atoms with Gasteiger partial charge >= 0.3 is 0 Å². The molecular formula is C12H18BrClN2. The summed E-state index contributed by atoms with van der Waals surface area (Å²) in [5.74, 6) is 0. The van der Waals surface area contributed by atoms with Crippen LogP contribution in [0, 0.1) is 0 Å². The quantitative estimate of drug-likeness (QED) is 0.832. The predicted molar refractivity (Wildman–Crippen MR) is 75.1 cm³/mol.